The van der Waals surface area contributed by atoms with E-state index in [2.05, 4.69) is 20.6 Å². The number of hydrogen-bond acceptors (Lipinski definition) is 5. The first-order valence-corrected chi connectivity index (χ1v) is 9.92. The summed E-state index contributed by atoms with van der Waals surface area (Å²) in [7, 11) is 0. The number of carbonyl (C=O) groups is 2. The third-order valence-corrected chi connectivity index (χ3v) is 4.76. The maximum absolute atomic E-state index is 12.8. The fourth-order valence-corrected chi connectivity index (χ4v) is 3.20. The van der Waals surface area contributed by atoms with Gasteiger partial charge in [-0.05, 0) is 42.8 Å². The average molecular weight is 457 g/mol. The van der Waals surface area contributed by atoms with Crippen molar-refractivity contribution >= 4 is 34.5 Å². The summed E-state index contributed by atoms with van der Waals surface area (Å²) in [4.78, 5) is 33.9. The van der Waals surface area contributed by atoms with E-state index >= 15 is 0 Å². The van der Waals surface area contributed by atoms with Gasteiger partial charge in [0.15, 0.2) is 0 Å². The van der Waals surface area contributed by atoms with Crippen molar-refractivity contribution in [3.05, 3.63) is 66.5 Å². The lowest BCUT2D eigenvalue weighted by Crippen LogP contribution is -2.35. The number of urea groups is 1. The number of hydrogen-bond donors (Lipinski definition) is 2. The second-order valence-electron chi connectivity index (χ2n) is 7.10. The molecule has 33 heavy (non-hydrogen) atoms. The van der Waals surface area contributed by atoms with Crippen LogP contribution in [-0.2, 0) is 6.18 Å². The van der Waals surface area contributed by atoms with Crippen LogP contribution in [0.5, 0.6) is 5.75 Å². The fraction of sp³-hybridized carbons (Fsp3) is 0.182. The molecule has 0 aliphatic carbocycles. The highest BCUT2D eigenvalue weighted by molar-refractivity contribution is 6.05. The number of ether oxygens (including phenoxy) is 1. The number of alkyl halides is 3. The third-order valence-electron chi connectivity index (χ3n) is 4.76. The summed E-state index contributed by atoms with van der Waals surface area (Å²) < 4.78 is 43.9. The highest BCUT2D eigenvalue weighted by Crippen LogP contribution is 2.29. The highest BCUT2D eigenvalue weighted by atomic mass is 19.4. The minimum Gasteiger partial charge on any atom is -0.410 e. The lowest BCUT2D eigenvalue weighted by molar-refractivity contribution is -0.141. The van der Waals surface area contributed by atoms with E-state index in [0.29, 0.717) is 29.7 Å². The lowest BCUT2D eigenvalue weighted by atomic mass is 10.2. The number of carbonyl (C=O) groups excluding carboxylic acids is 2. The molecule has 1 aliphatic rings. The predicted molar refractivity (Wildman–Crippen MR) is 115 cm³/mol. The Labute approximate surface area is 186 Å². The summed E-state index contributed by atoms with van der Waals surface area (Å²) in [5, 5.41) is 5.32. The normalized spacial score (nSPS) is 13.6. The monoisotopic (exact) mass is 457 g/mol. The van der Waals surface area contributed by atoms with Crippen molar-refractivity contribution in [3.8, 4) is 5.75 Å². The van der Waals surface area contributed by atoms with Gasteiger partial charge in [-0.3, -0.25) is 10.3 Å². The number of nitrogens with zero attached hydrogens (tertiary/aromatic N) is 3. The summed E-state index contributed by atoms with van der Waals surface area (Å²) >= 11 is 0. The van der Waals surface area contributed by atoms with Crippen molar-refractivity contribution in [3.63, 3.8) is 0 Å². The van der Waals surface area contributed by atoms with Crippen molar-refractivity contribution in [2.24, 2.45) is 0 Å². The van der Waals surface area contributed by atoms with E-state index in [1.807, 2.05) is 12.2 Å². The van der Waals surface area contributed by atoms with Crippen LogP contribution in [0.1, 0.15) is 12.1 Å². The Morgan fingerprint density at radius 2 is 1.91 bits per heavy atom. The predicted octanol–water partition coefficient (Wildman–Crippen LogP) is 5.05. The van der Waals surface area contributed by atoms with Crippen molar-refractivity contribution in [1.82, 2.24) is 14.9 Å². The molecular weight excluding hydrogens is 439 g/mol. The molecule has 0 saturated carbocycles. The highest BCUT2D eigenvalue weighted by Gasteiger charge is 2.32. The van der Waals surface area contributed by atoms with Crippen LogP contribution in [0.2, 0.25) is 0 Å². The number of aromatic nitrogens is 2. The summed E-state index contributed by atoms with van der Waals surface area (Å²) in [6, 6.07) is 8.69. The molecule has 0 spiro atoms. The van der Waals surface area contributed by atoms with Crippen molar-refractivity contribution in [2.75, 3.05) is 23.7 Å². The molecule has 170 valence electrons. The Morgan fingerprint density at radius 3 is 2.67 bits per heavy atom. The van der Waals surface area contributed by atoms with Gasteiger partial charge >= 0.3 is 18.3 Å². The standard InChI is InChI=1S/C22H18F3N5O3/c23-22(24,25)18-5-4-6-19(28-18)29-20(31)27-17-9-10-26-16-8-7-14(13-15(16)17)33-21(32)30-11-2-1-3-12-30/h1-2,4-10,13H,3,11-12H2,(H2,26,27,28,29,31). The number of fused-ring (bicyclic) bond motifs is 1. The van der Waals surface area contributed by atoms with Gasteiger partial charge in [0.05, 0.1) is 11.2 Å². The maximum atomic E-state index is 12.8. The lowest BCUT2D eigenvalue weighted by Gasteiger charge is -2.22. The van der Waals surface area contributed by atoms with Crippen LogP contribution in [0.4, 0.5) is 34.3 Å². The zero-order valence-corrected chi connectivity index (χ0v) is 17.1. The topological polar surface area (TPSA) is 96.5 Å². The summed E-state index contributed by atoms with van der Waals surface area (Å²) in [5.41, 5.74) is -0.278. The quantitative estimate of drug-likeness (QED) is 0.537. The zero-order chi connectivity index (χ0) is 23.4. The molecule has 2 N–H and O–H groups in total. The molecule has 1 aromatic carbocycles. The molecule has 0 atom stereocenters. The number of halogens is 3. The largest absolute Gasteiger partial charge is 0.433 e. The van der Waals surface area contributed by atoms with Gasteiger partial charge in [-0.2, -0.15) is 13.2 Å². The molecule has 0 fully saturated rings. The second kappa shape index (κ2) is 9.15. The van der Waals surface area contributed by atoms with E-state index in [1.54, 1.807) is 23.1 Å². The SMILES string of the molecule is O=C(Nc1cccc(C(F)(F)F)n1)Nc1ccnc2ccc(OC(=O)N3CC=CCC3)cc12. The van der Waals surface area contributed by atoms with E-state index < -0.39 is 24.0 Å². The van der Waals surface area contributed by atoms with Gasteiger partial charge in [0.2, 0.25) is 0 Å². The fourth-order valence-electron chi connectivity index (χ4n) is 3.20. The van der Waals surface area contributed by atoms with E-state index in [4.69, 9.17) is 4.74 Å². The first kappa shape index (κ1) is 22.1. The molecule has 0 bridgehead atoms. The molecule has 3 aromatic rings. The number of nitrogens with one attached hydrogen (secondary N) is 2. The maximum Gasteiger partial charge on any atom is 0.433 e. The minimum atomic E-state index is -4.63. The van der Waals surface area contributed by atoms with Gasteiger partial charge in [-0.25, -0.2) is 14.6 Å². The molecular formula is C22H18F3N5O3. The summed E-state index contributed by atoms with van der Waals surface area (Å²) in [6.07, 6.45) is 0.962. The first-order valence-electron chi connectivity index (χ1n) is 9.92. The third kappa shape index (κ3) is 5.37. The average Bonchev–Trinajstić information content (AvgIpc) is 2.79. The Balaban J connectivity index is 1.50. The van der Waals surface area contributed by atoms with E-state index in [1.165, 1.54) is 18.3 Å². The second-order valence-corrected chi connectivity index (χ2v) is 7.10. The van der Waals surface area contributed by atoms with Gasteiger partial charge < -0.3 is 15.0 Å². The van der Waals surface area contributed by atoms with E-state index in [0.717, 1.165) is 18.6 Å². The van der Waals surface area contributed by atoms with Crippen molar-refractivity contribution < 1.29 is 27.5 Å². The number of amides is 3. The van der Waals surface area contributed by atoms with Gasteiger partial charge in [0.1, 0.15) is 17.3 Å². The van der Waals surface area contributed by atoms with Crippen LogP contribution in [-0.4, -0.2) is 40.1 Å². The van der Waals surface area contributed by atoms with Crippen molar-refractivity contribution in [2.45, 2.75) is 12.6 Å². The molecule has 2 aromatic heterocycles. The van der Waals surface area contributed by atoms with Crippen LogP contribution in [0.25, 0.3) is 10.9 Å². The van der Waals surface area contributed by atoms with Crippen LogP contribution in [0.15, 0.2) is 60.8 Å². The summed E-state index contributed by atoms with van der Waals surface area (Å²) in [6.45, 7) is 1.02. The van der Waals surface area contributed by atoms with Gasteiger partial charge in [0, 0.05) is 24.7 Å². The number of anilines is 2. The zero-order valence-electron chi connectivity index (χ0n) is 17.1. The van der Waals surface area contributed by atoms with E-state index in [9.17, 15) is 22.8 Å². The van der Waals surface area contributed by atoms with Crippen molar-refractivity contribution in [1.29, 1.82) is 0 Å². The molecule has 1 aliphatic heterocycles. The Kier molecular flexibility index (Phi) is 6.11. The van der Waals surface area contributed by atoms with E-state index in [-0.39, 0.29) is 11.6 Å². The van der Waals surface area contributed by atoms with Crippen LogP contribution < -0.4 is 15.4 Å². The summed E-state index contributed by atoms with van der Waals surface area (Å²) in [5.74, 6) is 0.00365. The number of pyridine rings is 2. The van der Waals surface area contributed by atoms with Crippen LogP contribution in [0, 0.1) is 0 Å². The molecule has 0 saturated heterocycles. The van der Waals surface area contributed by atoms with Crippen LogP contribution in [0.3, 0.4) is 0 Å². The smallest absolute Gasteiger partial charge is 0.410 e. The molecule has 3 amide bonds. The Bertz CT molecular complexity index is 1230. The van der Waals surface area contributed by atoms with Gasteiger partial charge in [0.25, 0.3) is 0 Å². The molecule has 3 heterocycles. The molecule has 4 rings (SSSR count). The Hall–Kier alpha value is -4.15. The molecule has 0 radical (unpaired) electrons. The molecule has 8 nitrogen and oxygen atoms in total. The minimum absolute atomic E-state index is 0.258. The molecule has 0 unspecified atom stereocenters. The number of benzene rings is 1. The molecule has 11 heteroatoms. The van der Waals surface area contributed by atoms with Gasteiger partial charge in [-0.15, -0.1) is 0 Å². The Morgan fingerprint density at radius 1 is 1.06 bits per heavy atom. The van der Waals surface area contributed by atoms with Gasteiger partial charge in [-0.1, -0.05) is 18.2 Å². The van der Waals surface area contributed by atoms with Crippen LogP contribution >= 0.6 is 0 Å². The number of rotatable bonds is 3. The first-order chi connectivity index (χ1) is 15.8.